The van der Waals surface area contributed by atoms with Crippen molar-refractivity contribution < 1.29 is 4.79 Å². The third-order valence-electron chi connectivity index (χ3n) is 4.21. The van der Waals surface area contributed by atoms with E-state index < -0.39 is 0 Å². The van der Waals surface area contributed by atoms with Gasteiger partial charge in [0, 0.05) is 17.5 Å². The Morgan fingerprint density at radius 3 is 2.56 bits per heavy atom. The molecule has 0 spiro atoms. The highest BCUT2D eigenvalue weighted by Crippen LogP contribution is 2.30. The fourth-order valence-corrected chi connectivity index (χ4v) is 3.80. The highest BCUT2D eigenvalue weighted by Gasteiger charge is 2.10. The second-order valence-electron chi connectivity index (χ2n) is 6.15. The van der Waals surface area contributed by atoms with Gasteiger partial charge in [-0.3, -0.25) is 4.79 Å². The number of aromatic nitrogens is 1. The monoisotopic (exact) mass is 343 g/mol. The van der Waals surface area contributed by atoms with Crippen LogP contribution in [-0.4, -0.2) is 10.8 Å². The first-order valence-corrected chi connectivity index (χ1v) is 9.05. The number of aryl methyl sites for hydroxylation is 1. The van der Waals surface area contributed by atoms with E-state index in [1.165, 1.54) is 4.70 Å². The van der Waals surface area contributed by atoms with E-state index in [0.29, 0.717) is 6.42 Å². The van der Waals surface area contributed by atoms with Crippen LogP contribution in [0.2, 0.25) is 0 Å². The van der Waals surface area contributed by atoms with Gasteiger partial charge in [0.1, 0.15) is 5.01 Å². The van der Waals surface area contributed by atoms with Crippen LogP contribution in [0, 0.1) is 6.92 Å². The molecule has 4 rings (SSSR count). The van der Waals surface area contributed by atoms with Crippen molar-refractivity contribution in [1.29, 1.82) is 0 Å². The second-order valence-corrected chi connectivity index (χ2v) is 7.18. The Kier molecular flexibility index (Phi) is 4.16. The van der Waals surface area contributed by atoms with Gasteiger partial charge in [0.25, 0.3) is 0 Å². The standard InChI is InChI=1S/C22H17NOS/c1-15-9-11-17(12-10-15)20(24)14-16-5-4-6-18(13-16)22-23-19-7-2-3-8-21(19)25-22/h2-13H,14H2,1H3. The molecule has 0 fully saturated rings. The number of hydrogen-bond donors (Lipinski definition) is 0. The lowest BCUT2D eigenvalue weighted by molar-refractivity contribution is 0.0993. The van der Waals surface area contributed by atoms with Gasteiger partial charge >= 0.3 is 0 Å². The maximum Gasteiger partial charge on any atom is 0.167 e. The van der Waals surface area contributed by atoms with E-state index in [-0.39, 0.29) is 5.78 Å². The molecule has 0 saturated heterocycles. The summed E-state index contributed by atoms with van der Waals surface area (Å²) in [5, 5.41) is 0.992. The molecule has 25 heavy (non-hydrogen) atoms. The number of hydrogen-bond acceptors (Lipinski definition) is 3. The molecule has 0 bridgehead atoms. The quantitative estimate of drug-likeness (QED) is 0.445. The Hall–Kier alpha value is -2.78. The molecule has 0 aliphatic rings. The molecule has 4 aromatic rings. The summed E-state index contributed by atoms with van der Waals surface area (Å²) in [6, 6.07) is 24.0. The van der Waals surface area contributed by atoms with Crippen LogP contribution >= 0.6 is 11.3 Å². The molecular formula is C22H17NOS. The van der Waals surface area contributed by atoms with Crippen LogP contribution < -0.4 is 0 Å². The van der Waals surface area contributed by atoms with Crippen molar-refractivity contribution in [3.8, 4) is 10.6 Å². The number of ketones is 1. The van der Waals surface area contributed by atoms with Crippen LogP contribution in [0.15, 0.2) is 72.8 Å². The van der Waals surface area contributed by atoms with Gasteiger partial charge in [-0.25, -0.2) is 4.98 Å². The lowest BCUT2D eigenvalue weighted by Crippen LogP contribution is -2.03. The number of para-hydroxylation sites is 1. The van der Waals surface area contributed by atoms with Crippen molar-refractivity contribution in [3.05, 3.63) is 89.5 Å². The predicted molar refractivity (Wildman–Crippen MR) is 104 cm³/mol. The summed E-state index contributed by atoms with van der Waals surface area (Å²) >= 11 is 1.68. The SMILES string of the molecule is Cc1ccc(C(=O)Cc2cccc(-c3nc4ccccc4s3)c2)cc1. The first-order valence-electron chi connectivity index (χ1n) is 8.24. The number of Topliss-reactive ketones (excluding diaryl/α,β-unsaturated/α-hetero) is 1. The van der Waals surface area contributed by atoms with Gasteiger partial charge in [-0.15, -0.1) is 11.3 Å². The molecule has 0 aliphatic heterocycles. The van der Waals surface area contributed by atoms with E-state index in [9.17, 15) is 4.79 Å². The van der Waals surface area contributed by atoms with Crippen LogP contribution in [0.3, 0.4) is 0 Å². The van der Waals surface area contributed by atoms with Crippen LogP contribution in [-0.2, 0) is 6.42 Å². The highest BCUT2D eigenvalue weighted by atomic mass is 32.1. The van der Waals surface area contributed by atoms with Gasteiger partial charge in [-0.1, -0.05) is 60.2 Å². The van der Waals surface area contributed by atoms with E-state index >= 15 is 0 Å². The Morgan fingerprint density at radius 1 is 0.960 bits per heavy atom. The van der Waals surface area contributed by atoms with E-state index in [1.54, 1.807) is 11.3 Å². The van der Waals surface area contributed by atoms with Crippen LogP contribution in [0.5, 0.6) is 0 Å². The van der Waals surface area contributed by atoms with Crippen LogP contribution in [0.1, 0.15) is 21.5 Å². The minimum atomic E-state index is 0.140. The molecular weight excluding hydrogens is 326 g/mol. The number of benzene rings is 3. The highest BCUT2D eigenvalue weighted by molar-refractivity contribution is 7.21. The predicted octanol–water partition coefficient (Wildman–Crippen LogP) is 5.70. The van der Waals surface area contributed by atoms with Crippen LogP contribution in [0.25, 0.3) is 20.8 Å². The molecule has 0 amide bonds. The lowest BCUT2D eigenvalue weighted by Gasteiger charge is -2.04. The lowest BCUT2D eigenvalue weighted by atomic mass is 10.0. The maximum absolute atomic E-state index is 12.5. The summed E-state index contributed by atoms with van der Waals surface area (Å²) in [6.45, 7) is 2.02. The maximum atomic E-state index is 12.5. The largest absolute Gasteiger partial charge is 0.294 e. The van der Waals surface area contributed by atoms with E-state index in [0.717, 1.165) is 32.8 Å². The molecule has 3 heteroatoms. The summed E-state index contributed by atoms with van der Waals surface area (Å²) in [4.78, 5) is 17.2. The van der Waals surface area contributed by atoms with E-state index in [1.807, 2.05) is 61.5 Å². The average molecular weight is 343 g/mol. The van der Waals surface area contributed by atoms with Crippen molar-refractivity contribution >= 4 is 27.3 Å². The van der Waals surface area contributed by atoms with Gasteiger partial charge in [-0.05, 0) is 30.7 Å². The van der Waals surface area contributed by atoms with E-state index in [4.69, 9.17) is 4.98 Å². The fourth-order valence-electron chi connectivity index (χ4n) is 2.84. The average Bonchev–Trinajstić information content (AvgIpc) is 3.07. The molecule has 1 aromatic heterocycles. The summed E-state index contributed by atoms with van der Waals surface area (Å²) in [6.07, 6.45) is 0.405. The molecule has 3 aromatic carbocycles. The third-order valence-corrected chi connectivity index (χ3v) is 5.29. The fraction of sp³-hybridized carbons (Fsp3) is 0.0909. The molecule has 0 N–H and O–H groups in total. The smallest absolute Gasteiger partial charge is 0.167 e. The van der Waals surface area contributed by atoms with Gasteiger partial charge in [0.2, 0.25) is 0 Å². The van der Waals surface area contributed by atoms with Crippen molar-refractivity contribution in [2.45, 2.75) is 13.3 Å². The minimum Gasteiger partial charge on any atom is -0.294 e. The molecule has 2 nitrogen and oxygen atoms in total. The van der Waals surface area contributed by atoms with Gasteiger partial charge in [-0.2, -0.15) is 0 Å². The van der Waals surface area contributed by atoms with Crippen molar-refractivity contribution in [1.82, 2.24) is 4.98 Å². The summed E-state index contributed by atoms with van der Waals surface area (Å²) in [5.74, 6) is 0.140. The third kappa shape index (κ3) is 3.37. The molecule has 0 radical (unpaired) electrons. The van der Waals surface area contributed by atoms with Gasteiger partial charge in [0.15, 0.2) is 5.78 Å². The summed E-state index contributed by atoms with van der Waals surface area (Å²) in [5.41, 5.74) is 5.02. The molecule has 0 saturated carbocycles. The summed E-state index contributed by atoms with van der Waals surface area (Å²) < 4.78 is 1.18. The van der Waals surface area contributed by atoms with Gasteiger partial charge in [0.05, 0.1) is 10.2 Å². The molecule has 122 valence electrons. The number of fused-ring (bicyclic) bond motifs is 1. The molecule has 1 heterocycles. The Morgan fingerprint density at radius 2 is 1.76 bits per heavy atom. The van der Waals surface area contributed by atoms with Crippen LogP contribution in [0.4, 0.5) is 0 Å². The first-order chi connectivity index (χ1) is 12.2. The Labute approximate surface area is 150 Å². The zero-order chi connectivity index (χ0) is 17.2. The van der Waals surface area contributed by atoms with Crippen molar-refractivity contribution in [3.63, 3.8) is 0 Å². The molecule has 0 aliphatic carbocycles. The number of carbonyl (C=O) groups excluding carboxylic acids is 1. The number of carbonyl (C=O) groups is 1. The van der Waals surface area contributed by atoms with E-state index in [2.05, 4.69) is 18.2 Å². The van der Waals surface area contributed by atoms with Gasteiger partial charge < -0.3 is 0 Å². The topological polar surface area (TPSA) is 30.0 Å². The molecule has 0 unspecified atom stereocenters. The zero-order valence-corrected chi connectivity index (χ0v) is 14.7. The number of thiazole rings is 1. The summed E-state index contributed by atoms with van der Waals surface area (Å²) in [7, 11) is 0. The Balaban J connectivity index is 1.60. The molecule has 0 atom stereocenters. The normalized spacial score (nSPS) is 10.9. The minimum absolute atomic E-state index is 0.140. The number of rotatable bonds is 4. The number of nitrogens with zero attached hydrogens (tertiary/aromatic N) is 1. The van der Waals surface area contributed by atoms with Crippen molar-refractivity contribution in [2.24, 2.45) is 0 Å². The first kappa shape index (κ1) is 15.7. The second kappa shape index (κ2) is 6.61. The zero-order valence-electron chi connectivity index (χ0n) is 13.9. The van der Waals surface area contributed by atoms with Crippen molar-refractivity contribution in [2.75, 3.05) is 0 Å². The Bertz CT molecular complexity index is 1010.